The zero-order valence-corrected chi connectivity index (χ0v) is 15.4. The van der Waals surface area contributed by atoms with E-state index < -0.39 is 0 Å². The molecular formula is C20H19N3O2S. The number of benzene rings is 2. The Morgan fingerprint density at radius 3 is 2.54 bits per heavy atom. The highest BCUT2D eigenvalue weighted by molar-refractivity contribution is 7.19. The largest absolute Gasteiger partial charge is 0.349 e. The number of rotatable bonds is 5. The summed E-state index contributed by atoms with van der Waals surface area (Å²) in [7, 11) is 3.46. The third-order valence-electron chi connectivity index (χ3n) is 3.76. The first kappa shape index (κ1) is 17.8. The Hall–Kier alpha value is -2.99. The van der Waals surface area contributed by atoms with Gasteiger partial charge in [0.2, 0.25) is 11.8 Å². The van der Waals surface area contributed by atoms with Gasteiger partial charge in [0.1, 0.15) is 5.01 Å². The number of aromatic nitrogens is 1. The lowest BCUT2D eigenvalue weighted by atomic mass is 10.1. The monoisotopic (exact) mass is 365 g/mol. The Bertz CT molecular complexity index is 926. The Balaban J connectivity index is 1.59. The van der Waals surface area contributed by atoms with Crippen LogP contribution in [0.3, 0.4) is 0 Å². The third-order valence-corrected chi connectivity index (χ3v) is 4.76. The van der Waals surface area contributed by atoms with Crippen molar-refractivity contribution in [3.8, 4) is 0 Å². The second-order valence-electron chi connectivity index (χ2n) is 6.00. The van der Waals surface area contributed by atoms with E-state index in [9.17, 15) is 9.59 Å². The lowest BCUT2D eigenvalue weighted by Gasteiger charge is -2.10. The van der Waals surface area contributed by atoms with Crippen LogP contribution in [-0.2, 0) is 16.0 Å². The fraction of sp³-hybridized carbons (Fsp3) is 0.150. The minimum atomic E-state index is -0.221. The van der Waals surface area contributed by atoms with Crippen LogP contribution in [-0.4, -0.2) is 35.8 Å². The maximum Gasteiger partial charge on any atom is 0.248 e. The number of nitrogens with one attached hydrogen (secondary N) is 1. The molecule has 0 radical (unpaired) electrons. The van der Waals surface area contributed by atoms with Gasteiger partial charge in [-0.25, -0.2) is 4.98 Å². The molecule has 0 bridgehead atoms. The molecule has 132 valence electrons. The van der Waals surface area contributed by atoms with Gasteiger partial charge in [0.15, 0.2) is 0 Å². The van der Waals surface area contributed by atoms with Crippen molar-refractivity contribution in [2.45, 2.75) is 6.42 Å². The summed E-state index contributed by atoms with van der Waals surface area (Å²) in [6.07, 6.45) is 3.53. The van der Waals surface area contributed by atoms with Crippen molar-refractivity contribution in [1.29, 1.82) is 0 Å². The molecule has 1 aromatic heterocycles. The fourth-order valence-electron chi connectivity index (χ4n) is 2.33. The molecule has 0 saturated carbocycles. The molecule has 0 saturated heterocycles. The average Bonchev–Trinajstić information content (AvgIpc) is 3.04. The lowest BCUT2D eigenvalue weighted by molar-refractivity contribution is -0.128. The van der Waals surface area contributed by atoms with Crippen molar-refractivity contribution in [2.24, 2.45) is 0 Å². The highest BCUT2D eigenvalue weighted by Gasteiger charge is 2.06. The van der Waals surface area contributed by atoms with Crippen LogP contribution in [0.1, 0.15) is 10.6 Å². The van der Waals surface area contributed by atoms with Gasteiger partial charge in [0.05, 0.1) is 16.6 Å². The summed E-state index contributed by atoms with van der Waals surface area (Å²) in [6, 6.07) is 15.1. The predicted molar refractivity (Wildman–Crippen MR) is 106 cm³/mol. The minimum absolute atomic E-state index is 0.0422. The lowest BCUT2D eigenvalue weighted by Crippen LogP contribution is -2.23. The van der Waals surface area contributed by atoms with E-state index in [0.717, 1.165) is 20.8 Å². The van der Waals surface area contributed by atoms with Crippen molar-refractivity contribution in [1.82, 2.24) is 9.88 Å². The molecule has 0 unspecified atom stereocenters. The van der Waals surface area contributed by atoms with E-state index in [1.54, 1.807) is 48.5 Å². The SMILES string of the molecule is CN(C)C(=O)Cc1ccc(NC(=O)C=Cc2nc3ccccc3s2)cc1. The number of fused-ring (bicyclic) bond motifs is 1. The van der Waals surface area contributed by atoms with Gasteiger partial charge in [-0.1, -0.05) is 24.3 Å². The second kappa shape index (κ2) is 7.93. The van der Waals surface area contributed by atoms with E-state index in [1.807, 2.05) is 36.4 Å². The molecular weight excluding hydrogens is 346 g/mol. The summed E-state index contributed by atoms with van der Waals surface area (Å²) in [5.74, 6) is -0.179. The van der Waals surface area contributed by atoms with Gasteiger partial charge < -0.3 is 10.2 Å². The molecule has 5 nitrogen and oxygen atoms in total. The van der Waals surface area contributed by atoms with Crippen molar-refractivity contribution >= 4 is 45.1 Å². The molecule has 0 aliphatic rings. The van der Waals surface area contributed by atoms with E-state index in [-0.39, 0.29) is 11.8 Å². The van der Waals surface area contributed by atoms with Gasteiger partial charge in [-0.15, -0.1) is 11.3 Å². The van der Waals surface area contributed by atoms with Crippen molar-refractivity contribution in [2.75, 3.05) is 19.4 Å². The van der Waals surface area contributed by atoms with E-state index in [0.29, 0.717) is 12.1 Å². The van der Waals surface area contributed by atoms with Gasteiger partial charge in [-0.05, 0) is 35.9 Å². The number of amides is 2. The number of para-hydroxylation sites is 1. The van der Waals surface area contributed by atoms with Crippen molar-refractivity contribution in [3.05, 3.63) is 65.2 Å². The maximum absolute atomic E-state index is 12.1. The first-order valence-electron chi connectivity index (χ1n) is 8.15. The molecule has 0 aliphatic heterocycles. The zero-order valence-electron chi connectivity index (χ0n) is 14.6. The molecule has 3 rings (SSSR count). The van der Waals surface area contributed by atoms with Crippen LogP contribution >= 0.6 is 11.3 Å². The van der Waals surface area contributed by atoms with Crippen LogP contribution in [0.15, 0.2) is 54.6 Å². The first-order chi connectivity index (χ1) is 12.5. The number of thiazole rings is 1. The first-order valence-corrected chi connectivity index (χ1v) is 8.96. The van der Waals surface area contributed by atoms with E-state index in [1.165, 1.54) is 6.08 Å². The molecule has 0 atom stereocenters. The van der Waals surface area contributed by atoms with E-state index in [4.69, 9.17) is 0 Å². The Labute approximate surface area is 156 Å². The molecule has 2 aromatic carbocycles. The molecule has 1 heterocycles. The van der Waals surface area contributed by atoms with Crippen LogP contribution in [0.4, 0.5) is 5.69 Å². The maximum atomic E-state index is 12.1. The summed E-state index contributed by atoms with van der Waals surface area (Å²) in [5.41, 5.74) is 2.53. The number of anilines is 1. The molecule has 26 heavy (non-hydrogen) atoms. The Morgan fingerprint density at radius 2 is 1.85 bits per heavy atom. The number of likely N-dealkylation sites (N-methyl/N-ethyl adjacent to an activating group) is 1. The van der Waals surface area contributed by atoms with Crippen LogP contribution < -0.4 is 5.32 Å². The number of carbonyl (C=O) groups is 2. The van der Waals surface area contributed by atoms with Gasteiger partial charge in [-0.2, -0.15) is 0 Å². The van der Waals surface area contributed by atoms with E-state index in [2.05, 4.69) is 10.3 Å². The summed E-state index contributed by atoms with van der Waals surface area (Å²) < 4.78 is 1.09. The van der Waals surface area contributed by atoms with Crippen LogP contribution in [0.25, 0.3) is 16.3 Å². The Morgan fingerprint density at radius 1 is 1.12 bits per heavy atom. The second-order valence-corrected chi connectivity index (χ2v) is 7.07. The molecule has 2 amide bonds. The number of carbonyl (C=O) groups excluding carboxylic acids is 2. The normalized spacial score (nSPS) is 11.0. The molecule has 6 heteroatoms. The summed E-state index contributed by atoms with van der Waals surface area (Å²) in [5, 5.41) is 3.60. The van der Waals surface area contributed by atoms with Gasteiger partial charge >= 0.3 is 0 Å². The highest BCUT2D eigenvalue weighted by Crippen LogP contribution is 2.22. The van der Waals surface area contributed by atoms with E-state index >= 15 is 0 Å². The zero-order chi connectivity index (χ0) is 18.5. The third kappa shape index (κ3) is 4.55. The fourth-order valence-corrected chi connectivity index (χ4v) is 3.20. The highest BCUT2D eigenvalue weighted by atomic mass is 32.1. The molecule has 0 fully saturated rings. The predicted octanol–water partition coefficient (Wildman–Crippen LogP) is 3.58. The number of nitrogens with zero attached hydrogens (tertiary/aromatic N) is 2. The quantitative estimate of drug-likeness (QED) is 0.703. The standard InChI is InChI=1S/C20H19N3O2S/c1-23(2)20(25)13-14-7-9-15(10-8-14)21-18(24)11-12-19-22-16-5-3-4-6-17(16)26-19/h3-12H,13H2,1-2H3,(H,21,24). The summed E-state index contributed by atoms with van der Waals surface area (Å²) in [6.45, 7) is 0. The summed E-state index contributed by atoms with van der Waals surface area (Å²) >= 11 is 1.54. The number of hydrogen-bond acceptors (Lipinski definition) is 4. The van der Waals surface area contributed by atoms with Gasteiger partial charge in [0, 0.05) is 25.9 Å². The number of hydrogen-bond donors (Lipinski definition) is 1. The van der Waals surface area contributed by atoms with Crippen molar-refractivity contribution < 1.29 is 9.59 Å². The molecule has 0 spiro atoms. The van der Waals surface area contributed by atoms with Crippen molar-refractivity contribution in [3.63, 3.8) is 0 Å². The summed E-state index contributed by atoms with van der Waals surface area (Å²) in [4.78, 5) is 29.8. The van der Waals surface area contributed by atoms with Crippen LogP contribution in [0.5, 0.6) is 0 Å². The molecule has 1 N–H and O–H groups in total. The van der Waals surface area contributed by atoms with Crippen LogP contribution in [0.2, 0.25) is 0 Å². The minimum Gasteiger partial charge on any atom is -0.349 e. The Kier molecular flexibility index (Phi) is 5.43. The molecule has 0 aliphatic carbocycles. The molecule has 3 aromatic rings. The van der Waals surface area contributed by atoms with Gasteiger partial charge in [0.25, 0.3) is 0 Å². The smallest absolute Gasteiger partial charge is 0.248 e. The topological polar surface area (TPSA) is 62.3 Å². The van der Waals surface area contributed by atoms with Gasteiger partial charge in [-0.3, -0.25) is 9.59 Å². The van der Waals surface area contributed by atoms with Crippen LogP contribution in [0, 0.1) is 0 Å². The average molecular weight is 365 g/mol.